The summed E-state index contributed by atoms with van der Waals surface area (Å²) in [7, 11) is 0. The highest BCUT2D eigenvalue weighted by molar-refractivity contribution is 5.13. The molecule has 0 spiro atoms. The molecule has 2 rings (SSSR count). The molecule has 2 aromatic carbocycles. The summed E-state index contributed by atoms with van der Waals surface area (Å²) >= 11 is 0. The van der Waals surface area contributed by atoms with Crippen LogP contribution in [0.4, 0.5) is 0 Å². The first-order chi connectivity index (χ1) is 8.84. The van der Waals surface area contributed by atoms with Gasteiger partial charge in [-0.2, -0.15) is 0 Å². The maximum Gasteiger partial charge on any atom is 0.209 e. The molecule has 0 aromatic heterocycles. The first-order valence-electron chi connectivity index (χ1n) is 5.70. The number of rotatable bonds is 5. The number of hydrogen-bond donors (Lipinski definition) is 0. The lowest BCUT2D eigenvalue weighted by Gasteiger charge is -2.01. The summed E-state index contributed by atoms with van der Waals surface area (Å²) in [4.78, 5) is 5.53. The van der Waals surface area contributed by atoms with Crippen molar-refractivity contribution in [2.75, 3.05) is 0 Å². The number of benzene rings is 2. The van der Waals surface area contributed by atoms with E-state index in [-0.39, 0.29) is 6.54 Å². The SMILES string of the molecule is [O-]/[N+](Cc1ccccc1)=N\OCc1ccccc1. The van der Waals surface area contributed by atoms with Crippen LogP contribution in [0.1, 0.15) is 11.1 Å². The maximum absolute atomic E-state index is 11.4. The third kappa shape index (κ3) is 3.90. The van der Waals surface area contributed by atoms with E-state index in [2.05, 4.69) is 5.28 Å². The van der Waals surface area contributed by atoms with Crippen molar-refractivity contribution in [3.05, 3.63) is 77.0 Å². The Bertz CT molecular complexity index is 498. The third-order valence-corrected chi connectivity index (χ3v) is 2.38. The fourth-order valence-electron chi connectivity index (χ4n) is 1.51. The summed E-state index contributed by atoms with van der Waals surface area (Å²) in [5.74, 6) is 0. The maximum atomic E-state index is 11.4. The molecule has 0 radical (unpaired) electrons. The topological polar surface area (TPSA) is 47.7 Å². The van der Waals surface area contributed by atoms with Crippen molar-refractivity contribution in [1.29, 1.82) is 0 Å². The van der Waals surface area contributed by atoms with Gasteiger partial charge in [0, 0.05) is 5.56 Å². The summed E-state index contributed by atoms with van der Waals surface area (Å²) in [5, 5.41) is 14.9. The molecule has 0 bridgehead atoms. The van der Waals surface area contributed by atoms with Crippen LogP contribution in [0.25, 0.3) is 0 Å². The molecule has 2 aromatic rings. The molecular weight excluding hydrogens is 228 g/mol. The van der Waals surface area contributed by atoms with Gasteiger partial charge in [-0.25, -0.2) is 0 Å². The molecule has 18 heavy (non-hydrogen) atoms. The molecule has 0 aliphatic heterocycles. The number of hydrogen-bond acceptors (Lipinski definition) is 3. The summed E-state index contributed by atoms with van der Waals surface area (Å²) in [6.45, 7) is 0.490. The van der Waals surface area contributed by atoms with Crippen LogP contribution in [0, 0.1) is 5.21 Å². The van der Waals surface area contributed by atoms with E-state index in [0.717, 1.165) is 11.1 Å². The predicted octanol–water partition coefficient (Wildman–Crippen LogP) is 3.28. The van der Waals surface area contributed by atoms with Crippen LogP contribution < -0.4 is 0 Å². The number of hydroxylamine groups is 1. The number of nitrogens with zero attached hydrogens (tertiary/aromatic N) is 2. The van der Waals surface area contributed by atoms with E-state index in [9.17, 15) is 5.21 Å². The van der Waals surface area contributed by atoms with Crippen molar-refractivity contribution in [1.82, 2.24) is 0 Å². The highest BCUT2D eigenvalue weighted by Crippen LogP contribution is 2.03. The van der Waals surface area contributed by atoms with Gasteiger partial charge in [-0.05, 0) is 5.56 Å². The van der Waals surface area contributed by atoms with Crippen molar-refractivity contribution < 1.29 is 9.70 Å². The van der Waals surface area contributed by atoms with Crippen LogP contribution in [-0.4, -0.2) is 4.86 Å². The fraction of sp³-hybridized carbons (Fsp3) is 0.143. The summed E-state index contributed by atoms with van der Waals surface area (Å²) < 4.78 is 0. The summed E-state index contributed by atoms with van der Waals surface area (Å²) in [6.07, 6.45) is 0. The molecule has 0 heterocycles. The molecule has 0 amide bonds. The van der Waals surface area contributed by atoms with Gasteiger partial charge in [0.15, 0.2) is 0 Å². The highest BCUT2D eigenvalue weighted by atomic mass is 16.7. The van der Waals surface area contributed by atoms with Gasteiger partial charge >= 0.3 is 0 Å². The molecule has 0 atom stereocenters. The van der Waals surface area contributed by atoms with E-state index in [0.29, 0.717) is 11.5 Å². The second kappa shape index (κ2) is 6.39. The lowest BCUT2D eigenvalue weighted by molar-refractivity contribution is -0.574. The molecule has 0 aliphatic carbocycles. The van der Waals surface area contributed by atoms with Gasteiger partial charge in [0.25, 0.3) is 0 Å². The van der Waals surface area contributed by atoms with Gasteiger partial charge in [-0.15, -0.1) is 0 Å². The molecular formula is C14H14N2O2. The lowest BCUT2D eigenvalue weighted by atomic mass is 10.2. The van der Waals surface area contributed by atoms with Crippen LogP contribution in [0.15, 0.2) is 65.9 Å². The average Bonchev–Trinajstić information content (AvgIpc) is 2.41. The molecule has 0 N–H and O–H groups in total. The Labute approximate surface area is 106 Å². The molecule has 0 saturated heterocycles. The van der Waals surface area contributed by atoms with E-state index in [1.807, 2.05) is 60.7 Å². The Morgan fingerprint density at radius 1 is 0.889 bits per heavy atom. The molecule has 0 fully saturated rings. The van der Waals surface area contributed by atoms with Crippen LogP contribution in [0.2, 0.25) is 0 Å². The third-order valence-electron chi connectivity index (χ3n) is 2.38. The van der Waals surface area contributed by atoms with Gasteiger partial charge in [0.05, 0.1) is 0 Å². The van der Waals surface area contributed by atoms with Crippen LogP contribution in [-0.2, 0) is 18.0 Å². The van der Waals surface area contributed by atoms with E-state index in [4.69, 9.17) is 4.84 Å². The molecule has 0 aliphatic rings. The molecule has 4 heteroatoms. The van der Waals surface area contributed by atoms with Crippen molar-refractivity contribution in [3.63, 3.8) is 0 Å². The standard InChI is InChI=1S/C14H14N2O2/c17-16(11-13-7-3-1-4-8-13)15-18-12-14-9-5-2-6-10-14/h1-10H,11-12H2/b16-15-. The van der Waals surface area contributed by atoms with Gasteiger partial charge < -0.3 is 10.0 Å². The second-order valence-electron chi connectivity index (χ2n) is 3.84. The lowest BCUT2D eigenvalue weighted by Crippen LogP contribution is -2.01. The van der Waals surface area contributed by atoms with E-state index < -0.39 is 0 Å². The Hall–Kier alpha value is -2.36. The predicted molar refractivity (Wildman–Crippen MR) is 67.4 cm³/mol. The van der Waals surface area contributed by atoms with Crippen LogP contribution in [0.3, 0.4) is 0 Å². The van der Waals surface area contributed by atoms with Crippen LogP contribution >= 0.6 is 0 Å². The molecule has 0 unspecified atom stereocenters. The van der Waals surface area contributed by atoms with Crippen molar-refractivity contribution >= 4 is 0 Å². The van der Waals surface area contributed by atoms with Crippen molar-refractivity contribution in [2.24, 2.45) is 5.28 Å². The van der Waals surface area contributed by atoms with Gasteiger partial charge in [0.2, 0.25) is 11.8 Å². The van der Waals surface area contributed by atoms with Gasteiger partial charge in [-0.3, -0.25) is 0 Å². The van der Waals surface area contributed by atoms with Crippen molar-refractivity contribution in [3.8, 4) is 0 Å². The Morgan fingerprint density at radius 2 is 1.44 bits per heavy atom. The zero-order chi connectivity index (χ0) is 12.6. The van der Waals surface area contributed by atoms with Crippen molar-refractivity contribution in [2.45, 2.75) is 13.2 Å². The van der Waals surface area contributed by atoms with E-state index in [1.54, 1.807) is 0 Å². The summed E-state index contributed by atoms with van der Waals surface area (Å²) in [6, 6.07) is 19.0. The minimum Gasteiger partial charge on any atom is -0.597 e. The minimum absolute atomic E-state index is 0.190. The first kappa shape index (κ1) is 12.1. The Morgan fingerprint density at radius 3 is 2.06 bits per heavy atom. The quantitative estimate of drug-likeness (QED) is 0.459. The summed E-state index contributed by atoms with van der Waals surface area (Å²) in [5.41, 5.74) is 1.88. The largest absolute Gasteiger partial charge is 0.597 e. The first-order valence-corrected chi connectivity index (χ1v) is 5.70. The molecule has 4 nitrogen and oxygen atoms in total. The normalized spacial score (nSPS) is 11.2. The molecule has 92 valence electrons. The Kier molecular flexibility index (Phi) is 4.30. The van der Waals surface area contributed by atoms with Gasteiger partial charge in [-0.1, -0.05) is 65.5 Å². The minimum atomic E-state index is 0.190. The Balaban J connectivity index is 1.83. The zero-order valence-corrected chi connectivity index (χ0v) is 9.90. The molecule has 0 saturated carbocycles. The monoisotopic (exact) mass is 242 g/mol. The van der Waals surface area contributed by atoms with E-state index in [1.165, 1.54) is 0 Å². The fourth-order valence-corrected chi connectivity index (χ4v) is 1.51. The average molecular weight is 242 g/mol. The highest BCUT2D eigenvalue weighted by Gasteiger charge is 1.99. The second-order valence-corrected chi connectivity index (χ2v) is 3.84. The zero-order valence-electron chi connectivity index (χ0n) is 9.90. The van der Waals surface area contributed by atoms with Crippen LogP contribution in [0.5, 0.6) is 0 Å². The smallest absolute Gasteiger partial charge is 0.209 e. The van der Waals surface area contributed by atoms with Gasteiger partial charge in [0.1, 0.15) is 6.61 Å². The van der Waals surface area contributed by atoms with E-state index >= 15 is 0 Å².